The van der Waals surface area contributed by atoms with E-state index in [0.717, 1.165) is 65.9 Å². The zero-order valence-electron chi connectivity index (χ0n) is 29.7. The predicted molar refractivity (Wildman–Crippen MR) is 228 cm³/mol. The van der Waals surface area contributed by atoms with Crippen LogP contribution in [0, 0.1) is 0 Å². The van der Waals surface area contributed by atoms with Crippen molar-refractivity contribution in [1.82, 2.24) is 9.35 Å². The molecule has 0 amide bonds. The second-order valence-corrected chi connectivity index (χ2v) is 14.4. The lowest BCUT2D eigenvalue weighted by molar-refractivity contribution is 0.659. The maximum Gasteiger partial charge on any atom is 0.200 e. The van der Waals surface area contributed by atoms with Crippen LogP contribution in [0.25, 0.3) is 110 Å². The number of para-hydroxylation sites is 4. The smallest absolute Gasteiger partial charge is 0.200 e. The minimum atomic E-state index is -0.0236. The Hall–Kier alpha value is -7.70. The van der Waals surface area contributed by atoms with Gasteiger partial charge in [-0.3, -0.25) is 9.59 Å². The molecule has 262 valence electrons. The number of aromatic nitrogens is 2. The molecule has 12 aromatic rings. The molecule has 4 heterocycles. The van der Waals surface area contributed by atoms with E-state index < -0.39 is 0 Å². The van der Waals surface area contributed by atoms with Crippen LogP contribution in [0.5, 0.6) is 0 Å². The lowest BCUT2D eigenvalue weighted by Gasteiger charge is -2.13. The number of nitrogens with zero attached hydrogens (tertiary/aromatic N) is 2. The standard InChI is InChI=1S/C50H28N2O4/c53-49-35-11-3-7-15-45(35)55-47-27-31(17-21-37(47)49)29-19-23-43-39(25-29)33-9-1-5-13-41(33)51(43)52-42-14-6-2-10-34(42)40-26-30(20-24-44(40)52)32-18-22-38-48(28-32)56-46-16-8-4-12-36(46)50(38)54/h1-28H. The maximum absolute atomic E-state index is 13.3. The largest absolute Gasteiger partial charge is 0.456 e. The second-order valence-electron chi connectivity index (χ2n) is 14.4. The highest BCUT2D eigenvalue weighted by Gasteiger charge is 2.19. The van der Waals surface area contributed by atoms with E-state index in [4.69, 9.17) is 8.83 Å². The monoisotopic (exact) mass is 720 g/mol. The van der Waals surface area contributed by atoms with Crippen LogP contribution >= 0.6 is 0 Å². The van der Waals surface area contributed by atoms with E-state index in [-0.39, 0.29) is 10.9 Å². The van der Waals surface area contributed by atoms with Gasteiger partial charge in [-0.25, -0.2) is 9.35 Å². The summed E-state index contributed by atoms with van der Waals surface area (Å²) in [6.45, 7) is 0. The van der Waals surface area contributed by atoms with Crippen LogP contribution in [0.3, 0.4) is 0 Å². The van der Waals surface area contributed by atoms with Crippen molar-refractivity contribution in [2.45, 2.75) is 0 Å². The van der Waals surface area contributed by atoms with Crippen LogP contribution in [0.4, 0.5) is 0 Å². The first-order valence-corrected chi connectivity index (χ1v) is 18.6. The number of hydrogen-bond acceptors (Lipinski definition) is 4. The summed E-state index contributed by atoms with van der Waals surface area (Å²) in [5, 5.41) is 6.81. The molecule has 0 bridgehead atoms. The molecule has 0 atom stereocenters. The van der Waals surface area contributed by atoms with Crippen molar-refractivity contribution in [3.8, 4) is 22.3 Å². The fourth-order valence-corrected chi connectivity index (χ4v) is 8.66. The SMILES string of the molecule is O=c1c2ccccc2oc2cc(-c3ccc4c(c3)c3ccccc3n4-n3c4ccccc4c4cc(-c5ccc6c(=O)c7ccccc7oc6c5)ccc43)ccc12. The highest BCUT2D eigenvalue weighted by Crippen LogP contribution is 2.39. The Morgan fingerprint density at radius 2 is 0.625 bits per heavy atom. The van der Waals surface area contributed by atoms with Gasteiger partial charge in [0.2, 0.25) is 10.9 Å². The van der Waals surface area contributed by atoms with Crippen molar-refractivity contribution in [2.75, 3.05) is 0 Å². The van der Waals surface area contributed by atoms with E-state index >= 15 is 0 Å². The van der Waals surface area contributed by atoms with Gasteiger partial charge in [0.1, 0.15) is 22.3 Å². The van der Waals surface area contributed by atoms with Crippen LogP contribution in [-0.4, -0.2) is 9.35 Å². The fraction of sp³-hybridized carbons (Fsp3) is 0. The minimum absolute atomic E-state index is 0.0236. The third-order valence-corrected chi connectivity index (χ3v) is 11.3. The molecule has 0 unspecified atom stereocenters. The van der Waals surface area contributed by atoms with E-state index in [1.165, 1.54) is 0 Å². The first-order valence-electron chi connectivity index (χ1n) is 18.6. The molecule has 8 aromatic carbocycles. The highest BCUT2D eigenvalue weighted by molar-refractivity contribution is 6.13. The van der Waals surface area contributed by atoms with Gasteiger partial charge in [-0.05, 0) is 107 Å². The van der Waals surface area contributed by atoms with Gasteiger partial charge in [0.25, 0.3) is 0 Å². The molecule has 56 heavy (non-hydrogen) atoms. The molecular formula is C50H28N2O4. The average molecular weight is 721 g/mol. The maximum atomic E-state index is 13.3. The van der Waals surface area contributed by atoms with E-state index in [1.807, 2.05) is 84.9 Å². The summed E-state index contributed by atoms with van der Waals surface area (Å²) in [7, 11) is 0. The van der Waals surface area contributed by atoms with Gasteiger partial charge in [0.05, 0.1) is 43.6 Å². The third-order valence-electron chi connectivity index (χ3n) is 11.3. The Kier molecular flexibility index (Phi) is 6.26. The van der Waals surface area contributed by atoms with Crippen molar-refractivity contribution in [3.63, 3.8) is 0 Å². The normalized spacial score (nSPS) is 12.1. The lowest BCUT2D eigenvalue weighted by Crippen LogP contribution is -2.08. The van der Waals surface area contributed by atoms with Crippen LogP contribution in [0.2, 0.25) is 0 Å². The first kappa shape index (κ1) is 30.7. The molecule has 0 aliphatic carbocycles. The van der Waals surface area contributed by atoms with E-state index in [1.54, 1.807) is 0 Å². The Morgan fingerprint density at radius 3 is 1.09 bits per heavy atom. The number of rotatable bonds is 3. The van der Waals surface area contributed by atoms with Crippen molar-refractivity contribution in [1.29, 1.82) is 0 Å². The van der Waals surface area contributed by atoms with Crippen LogP contribution in [0.15, 0.2) is 188 Å². The van der Waals surface area contributed by atoms with Gasteiger partial charge in [-0.2, -0.15) is 0 Å². The average Bonchev–Trinajstić information content (AvgIpc) is 3.75. The van der Waals surface area contributed by atoms with Crippen molar-refractivity contribution < 1.29 is 8.83 Å². The zero-order chi connectivity index (χ0) is 37.1. The van der Waals surface area contributed by atoms with E-state index in [2.05, 4.69) is 94.3 Å². The Labute approximate surface area is 317 Å². The van der Waals surface area contributed by atoms with Gasteiger partial charge < -0.3 is 8.83 Å². The molecule has 0 saturated heterocycles. The topological polar surface area (TPSA) is 70.3 Å². The summed E-state index contributed by atoms with van der Waals surface area (Å²) < 4.78 is 17.1. The molecule has 0 spiro atoms. The van der Waals surface area contributed by atoms with Gasteiger partial charge >= 0.3 is 0 Å². The van der Waals surface area contributed by atoms with Gasteiger partial charge in [0.15, 0.2) is 0 Å². The molecule has 4 aromatic heterocycles. The molecule has 0 radical (unpaired) electrons. The van der Waals surface area contributed by atoms with Gasteiger partial charge in [-0.1, -0.05) is 84.9 Å². The summed E-state index contributed by atoms with van der Waals surface area (Å²) in [4.78, 5) is 26.5. The molecule has 0 aliphatic rings. The second kappa shape index (κ2) is 11.4. The van der Waals surface area contributed by atoms with Gasteiger partial charge in [-0.15, -0.1) is 0 Å². The first-order chi connectivity index (χ1) is 27.6. The van der Waals surface area contributed by atoms with Crippen LogP contribution < -0.4 is 10.9 Å². The summed E-state index contributed by atoms with van der Waals surface area (Å²) >= 11 is 0. The quantitative estimate of drug-likeness (QED) is 0.170. The molecule has 6 heteroatoms. The molecular weight excluding hydrogens is 693 g/mol. The number of hydrogen-bond donors (Lipinski definition) is 0. The van der Waals surface area contributed by atoms with Crippen molar-refractivity contribution >= 4 is 87.5 Å². The molecule has 0 aliphatic heterocycles. The number of benzene rings is 8. The minimum Gasteiger partial charge on any atom is -0.456 e. The lowest BCUT2D eigenvalue weighted by atomic mass is 10.0. The van der Waals surface area contributed by atoms with Crippen molar-refractivity contribution in [2.24, 2.45) is 0 Å². The summed E-state index contributed by atoms with van der Waals surface area (Å²) in [6.07, 6.45) is 0. The van der Waals surface area contributed by atoms with E-state index in [9.17, 15) is 9.59 Å². The summed E-state index contributed by atoms with van der Waals surface area (Å²) in [5.74, 6) is 0. The van der Waals surface area contributed by atoms with Crippen LogP contribution in [-0.2, 0) is 0 Å². The molecule has 0 saturated carbocycles. The third kappa shape index (κ3) is 4.32. The molecule has 6 nitrogen and oxygen atoms in total. The van der Waals surface area contributed by atoms with E-state index in [0.29, 0.717) is 43.9 Å². The van der Waals surface area contributed by atoms with Crippen LogP contribution in [0.1, 0.15) is 0 Å². The fourth-order valence-electron chi connectivity index (χ4n) is 8.66. The van der Waals surface area contributed by atoms with Gasteiger partial charge in [0, 0.05) is 21.5 Å². The Balaban J connectivity index is 1.04. The van der Waals surface area contributed by atoms with Crippen molar-refractivity contribution in [3.05, 3.63) is 190 Å². The highest BCUT2D eigenvalue weighted by atomic mass is 16.3. The predicted octanol–water partition coefficient (Wildman–Crippen LogP) is 12.1. The summed E-state index contributed by atoms with van der Waals surface area (Å²) in [6, 6.07) is 56.7. The Morgan fingerprint density at radius 1 is 0.286 bits per heavy atom. The molecule has 0 N–H and O–H groups in total. The molecule has 0 fully saturated rings. The number of fused-ring (bicyclic) bond motifs is 10. The molecule has 12 rings (SSSR count). The zero-order valence-corrected chi connectivity index (χ0v) is 29.7. The Bertz CT molecular complexity index is 3520. The summed E-state index contributed by atoms with van der Waals surface area (Å²) in [5.41, 5.74) is 10.6.